The van der Waals surface area contributed by atoms with Gasteiger partial charge >= 0.3 is 0 Å². The van der Waals surface area contributed by atoms with Crippen molar-refractivity contribution >= 4 is 29.1 Å². The highest BCUT2D eigenvalue weighted by molar-refractivity contribution is 6.30. The van der Waals surface area contributed by atoms with Crippen LogP contribution in [-0.2, 0) is 11.4 Å². The predicted molar refractivity (Wildman–Crippen MR) is 145 cm³/mol. The standard InChI is InChI=1S/C28H26ClN5O4/c1-17-25(27(35)33-21-9-11-22(36-2)12-10-21)26(34-28(32-17)30-16-31-34)19-6-13-23(24(14-19)37-3)38-15-18-4-7-20(29)8-5-18/h4-14,16,26H,15H2,1-3H3,(H,33,35)(H,30,31,32)/t26-/m1/s1. The number of halogens is 1. The van der Waals surface area contributed by atoms with Crippen molar-refractivity contribution in [2.75, 3.05) is 24.9 Å². The van der Waals surface area contributed by atoms with Gasteiger partial charge in [-0.2, -0.15) is 10.1 Å². The maximum absolute atomic E-state index is 13.6. The number of fused-ring (bicyclic) bond motifs is 1. The van der Waals surface area contributed by atoms with E-state index in [9.17, 15) is 4.79 Å². The van der Waals surface area contributed by atoms with Crippen LogP contribution in [0.2, 0.25) is 5.02 Å². The van der Waals surface area contributed by atoms with Gasteiger partial charge in [0, 0.05) is 16.4 Å². The van der Waals surface area contributed by atoms with Crippen molar-refractivity contribution in [1.82, 2.24) is 14.8 Å². The van der Waals surface area contributed by atoms with Gasteiger partial charge in [0.05, 0.1) is 19.8 Å². The summed E-state index contributed by atoms with van der Waals surface area (Å²) in [5.74, 6) is 2.07. The van der Waals surface area contributed by atoms with Crippen LogP contribution in [0.4, 0.5) is 11.6 Å². The summed E-state index contributed by atoms with van der Waals surface area (Å²) >= 11 is 5.98. The second-order valence-electron chi connectivity index (χ2n) is 8.60. The molecule has 0 bridgehead atoms. The molecule has 1 aliphatic rings. The molecule has 0 saturated heterocycles. The number of amides is 1. The van der Waals surface area contributed by atoms with Crippen molar-refractivity contribution in [3.8, 4) is 17.2 Å². The number of anilines is 2. The molecular weight excluding hydrogens is 506 g/mol. The van der Waals surface area contributed by atoms with Gasteiger partial charge in [0.25, 0.3) is 5.91 Å². The average Bonchev–Trinajstić information content (AvgIpc) is 3.40. The topological polar surface area (TPSA) is 99.5 Å². The Morgan fingerprint density at radius 1 is 1.03 bits per heavy atom. The van der Waals surface area contributed by atoms with Gasteiger partial charge in [-0.25, -0.2) is 4.68 Å². The Hall–Kier alpha value is -4.50. The monoisotopic (exact) mass is 531 g/mol. The highest BCUT2D eigenvalue weighted by Crippen LogP contribution is 2.39. The van der Waals surface area contributed by atoms with Crippen molar-refractivity contribution in [2.24, 2.45) is 0 Å². The third-order valence-corrected chi connectivity index (χ3v) is 6.45. The van der Waals surface area contributed by atoms with Crippen molar-refractivity contribution in [3.05, 3.63) is 100 Å². The third-order valence-electron chi connectivity index (χ3n) is 6.20. The first-order valence-electron chi connectivity index (χ1n) is 11.8. The van der Waals surface area contributed by atoms with Crippen LogP contribution < -0.4 is 24.8 Å². The number of carbonyl (C=O) groups excluding carboxylic acids is 1. The number of hydrogen-bond donors (Lipinski definition) is 2. The van der Waals surface area contributed by atoms with Crippen molar-refractivity contribution in [2.45, 2.75) is 19.6 Å². The van der Waals surface area contributed by atoms with Crippen LogP contribution in [0.15, 0.2) is 84.3 Å². The van der Waals surface area contributed by atoms with Crippen LogP contribution in [-0.4, -0.2) is 34.9 Å². The smallest absolute Gasteiger partial charge is 0.255 e. The maximum atomic E-state index is 13.6. The fourth-order valence-electron chi connectivity index (χ4n) is 4.28. The summed E-state index contributed by atoms with van der Waals surface area (Å²) in [4.78, 5) is 17.9. The number of hydrogen-bond acceptors (Lipinski definition) is 7. The van der Waals surface area contributed by atoms with E-state index in [0.29, 0.717) is 51.8 Å². The summed E-state index contributed by atoms with van der Waals surface area (Å²) in [6.07, 6.45) is 1.45. The predicted octanol–water partition coefficient (Wildman–Crippen LogP) is 5.46. The summed E-state index contributed by atoms with van der Waals surface area (Å²) in [6, 6.07) is 19.6. The molecule has 1 aliphatic heterocycles. The molecule has 2 N–H and O–H groups in total. The van der Waals surface area contributed by atoms with Gasteiger partial charge in [-0.05, 0) is 66.6 Å². The molecule has 0 aliphatic carbocycles. The zero-order valence-corrected chi connectivity index (χ0v) is 21.8. The van der Waals surface area contributed by atoms with E-state index in [1.165, 1.54) is 6.33 Å². The van der Waals surface area contributed by atoms with Crippen LogP contribution in [0.1, 0.15) is 24.1 Å². The average molecular weight is 532 g/mol. The minimum absolute atomic E-state index is 0.270. The second-order valence-corrected chi connectivity index (χ2v) is 9.04. The van der Waals surface area contributed by atoms with Crippen LogP contribution >= 0.6 is 11.6 Å². The van der Waals surface area contributed by atoms with E-state index in [-0.39, 0.29) is 5.91 Å². The number of ether oxygens (including phenoxy) is 3. The quantitative estimate of drug-likeness (QED) is 0.311. The first-order valence-corrected chi connectivity index (χ1v) is 12.2. The number of methoxy groups -OCH3 is 2. The lowest BCUT2D eigenvalue weighted by molar-refractivity contribution is -0.113. The van der Waals surface area contributed by atoms with E-state index in [4.69, 9.17) is 25.8 Å². The van der Waals surface area contributed by atoms with Crippen LogP contribution in [0.25, 0.3) is 0 Å². The number of aromatic nitrogens is 3. The van der Waals surface area contributed by atoms with E-state index in [0.717, 1.165) is 11.1 Å². The molecule has 1 amide bonds. The normalized spacial score (nSPS) is 14.4. The fraction of sp³-hybridized carbons (Fsp3) is 0.179. The SMILES string of the molecule is COc1ccc(NC(=O)C2=C(C)Nc3ncnn3[C@@H]2c2ccc(OCc3ccc(Cl)cc3)c(OC)c2)cc1. The molecule has 0 saturated carbocycles. The Morgan fingerprint density at radius 2 is 1.79 bits per heavy atom. The lowest BCUT2D eigenvalue weighted by atomic mass is 9.94. The number of nitrogens with zero attached hydrogens (tertiary/aromatic N) is 3. The van der Waals surface area contributed by atoms with E-state index >= 15 is 0 Å². The van der Waals surface area contributed by atoms with E-state index < -0.39 is 6.04 Å². The first-order chi connectivity index (χ1) is 18.5. The molecule has 5 rings (SSSR count). The molecule has 38 heavy (non-hydrogen) atoms. The van der Waals surface area contributed by atoms with Gasteiger partial charge in [0.1, 0.15) is 24.7 Å². The van der Waals surface area contributed by atoms with Gasteiger partial charge in [-0.3, -0.25) is 4.79 Å². The van der Waals surface area contributed by atoms with Crippen molar-refractivity contribution in [1.29, 1.82) is 0 Å². The minimum Gasteiger partial charge on any atom is -0.497 e. The largest absolute Gasteiger partial charge is 0.497 e. The lowest BCUT2D eigenvalue weighted by Gasteiger charge is -2.29. The Morgan fingerprint density at radius 3 is 2.50 bits per heavy atom. The summed E-state index contributed by atoms with van der Waals surface area (Å²) in [6.45, 7) is 2.19. The van der Waals surface area contributed by atoms with E-state index in [1.54, 1.807) is 43.2 Å². The lowest BCUT2D eigenvalue weighted by Crippen LogP contribution is -2.31. The molecular formula is C28H26ClN5O4. The Balaban J connectivity index is 1.45. The zero-order chi connectivity index (χ0) is 26.6. The summed E-state index contributed by atoms with van der Waals surface area (Å²) < 4.78 is 18.6. The summed E-state index contributed by atoms with van der Waals surface area (Å²) in [7, 11) is 3.17. The number of nitrogens with one attached hydrogen (secondary N) is 2. The minimum atomic E-state index is -0.550. The van der Waals surface area contributed by atoms with Gasteiger partial charge in [0.15, 0.2) is 11.5 Å². The third kappa shape index (κ3) is 5.14. The fourth-order valence-corrected chi connectivity index (χ4v) is 4.41. The zero-order valence-electron chi connectivity index (χ0n) is 21.1. The van der Waals surface area contributed by atoms with E-state index in [1.807, 2.05) is 49.4 Å². The molecule has 3 aromatic carbocycles. The molecule has 2 heterocycles. The summed E-state index contributed by atoms with van der Waals surface area (Å²) in [5, 5.41) is 11.2. The molecule has 9 nitrogen and oxygen atoms in total. The van der Waals surface area contributed by atoms with E-state index in [2.05, 4.69) is 20.7 Å². The summed E-state index contributed by atoms with van der Waals surface area (Å²) in [5.41, 5.74) is 3.57. The molecule has 4 aromatic rings. The van der Waals surface area contributed by atoms with Crippen LogP contribution in [0.5, 0.6) is 17.2 Å². The number of carbonyl (C=O) groups is 1. The number of rotatable bonds is 8. The molecule has 194 valence electrons. The maximum Gasteiger partial charge on any atom is 0.255 e. The Kier molecular flexibility index (Phi) is 7.19. The number of benzene rings is 3. The molecule has 0 fully saturated rings. The van der Waals surface area contributed by atoms with Gasteiger partial charge in [0.2, 0.25) is 5.95 Å². The van der Waals surface area contributed by atoms with Gasteiger partial charge in [-0.1, -0.05) is 29.8 Å². The molecule has 0 spiro atoms. The Bertz CT molecular complexity index is 1480. The molecule has 1 atom stereocenters. The van der Waals surface area contributed by atoms with Gasteiger partial charge < -0.3 is 24.8 Å². The van der Waals surface area contributed by atoms with Crippen LogP contribution in [0.3, 0.4) is 0 Å². The van der Waals surface area contributed by atoms with Crippen LogP contribution in [0, 0.1) is 0 Å². The molecule has 0 radical (unpaired) electrons. The van der Waals surface area contributed by atoms with Crippen molar-refractivity contribution in [3.63, 3.8) is 0 Å². The molecule has 1 aromatic heterocycles. The second kappa shape index (κ2) is 10.9. The molecule has 10 heteroatoms. The highest BCUT2D eigenvalue weighted by atomic mass is 35.5. The first kappa shape index (κ1) is 25.2. The Labute approximate surface area is 225 Å². The number of allylic oxidation sites excluding steroid dienone is 1. The highest BCUT2D eigenvalue weighted by Gasteiger charge is 2.34. The van der Waals surface area contributed by atoms with Crippen molar-refractivity contribution < 1.29 is 19.0 Å². The molecule has 0 unspecified atom stereocenters. The van der Waals surface area contributed by atoms with Gasteiger partial charge in [-0.15, -0.1) is 0 Å².